The first kappa shape index (κ1) is 7.51. The fourth-order valence-corrected chi connectivity index (χ4v) is 1.33. The Morgan fingerprint density at radius 3 is 2.83 bits per heavy atom. The van der Waals surface area contributed by atoms with E-state index in [1.165, 1.54) is 6.33 Å². The molecule has 1 aliphatic carbocycles. The molecular weight excluding hydrogens is 174 g/mol. The van der Waals surface area contributed by atoms with Crippen LogP contribution in [0.5, 0.6) is 0 Å². The van der Waals surface area contributed by atoms with E-state index < -0.39 is 0 Å². The molecule has 1 fully saturated rings. The van der Waals surface area contributed by atoms with E-state index in [1.807, 2.05) is 6.07 Å². The predicted octanol–water partition coefficient (Wildman–Crippen LogP) is 1.88. The lowest BCUT2D eigenvalue weighted by atomic mass is 10.2. The van der Waals surface area contributed by atoms with Crippen LogP contribution in [0.15, 0.2) is 6.33 Å². The largest absolute Gasteiger partial charge is 0.240 e. The predicted molar refractivity (Wildman–Crippen MR) is 43.7 cm³/mol. The Bertz CT molecular complexity index is 352. The van der Waals surface area contributed by atoms with E-state index in [9.17, 15) is 0 Å². The molecule has 1 aromatic rings. The smallest absolute Gasteiger partial charge is 0.150 e. The van der Waals surface area contributed by atoms with Crippen LogP contribution in [0.1, 0.15) is 30.0 Å². The molecular formula is C8H6ClN3. The quantitative estimate of drug-likeness (QED) is 0.619. The van der Waals surface area contributed by atoms with Crippen molar-refractivity contribution >= 4 is 11.6 Å². The van der Waals surface area contributed by atoms with Gasteiger partial charge in [0.1, 0.15) is 23.1 Å². The molecule has 0 amide bonds. The molecule has 0 saturated heterocycles. The topological polar surface area (TPSA) is 49.6 Å². The normalized spacial score (nSPS) is 15.7. The van der Waals surface area contributed by atoms with Crippen LogP contribution in [0.3, 0.4) is 0 Å². The van der Waals surface area contributed by atoms with Crippen molar-refractivity contribution in [1.82, 2.24) is 9.97 Å². The third-order valence-electron chi connectivity index (χ3n) is 1.91. The zero-order chi connectivity index (χ0) is 8.55. The summed E-state index contributed by atoms with van der Waals surface area (Å²) < 4.78 is 0. The molecule has 0 unspecified atom stereocenters. The standard InChI is InChI=1S/C8H6ClN3/c9-8-6(3-10)7(5-1-2-5)11-4-12-8/h4-5H,1-2H2. The van der Waals surface area contributed by atoms with Crippen LogP contribution in [-0.4, -0.2) is 9.97 Å². The summed E-state index contributed by atoms with van der Waals surface area (Å²) >= 11 is 5.73. The average molecular weight is 180 g/mol. The lowest BCUT2D eigenvalue weighted by Gasteiger charge is -1.99. The highest BCUT2D eigenvalue weighted by molar-refractivity contribution is 6.30. The average Bonchev–Trinajstić information content (AvgIpc) is 2.86. The highest BCUT2D eigenvalue weighted by atomic mass is 35.5. The maximum atomic E-state index is 8.76. The first-order chi connectivity index (χ1) is 5.83. The maximum Gasteiger partial charge on any atom is 0.150 e. The third kappa shape index (κ3) is 1.15. The molecule has 0 atom stereocenters. The van der Waals surface area contributed by atoms with Gasteiger partial charge in [-0.25, -0.2) is 9.97 Å². The summed E-state index contributed by atoms with van der Waals surface area (Å²) in [4.78, 5) is 7.81. The summed E-state index contributed by atoms with van der Waals surface area (Å²) in [6.45, 7) is 0. The summed E-state index contributed by atoms with van der Waals surface area (Å²) in [5, 5.41) is 9.03. The fourth-order valence-electron chi connectivity index (χ4n) is 1.15. The van der Waals surface area contributed by atoms with Gasteiger partial charge in [-0.1, -0.05) is 11.6 Å². The van der Waals surface area contributed by atoms with Crippen molar-refractivity contribution in [2.75, 3.05) is 0 Å². The molecule has 2 rings (SSSR count). The van der Waals surface area contributed by atoms with Crippen molar-refractivity contribution in [3.8, 4) is 6.07 Å². The Hall–Kier alpha value is -1.14. The van der Waals surface area contributed by atoms with Crippen molar-refractivity contribution in [2.24, 2.45) is 0 Å². The van der Waals surface area contributed by atoms with Crippen LogP contribution in [0, 0.1) is 11.3 Å². The number of hydrogen-bond acceptors (Lipinski definition) is 3. The summed E-state index contributed by atoms with van der Waals surface area (Å²) in [6, 6.07) is 2.03. The molecule has 1 heterocycles. The molecule has 0 N–H and O–H groups in total. The SMILES string of the molecule is N#Cc1c(Cl)ncnc1C1CC1. The van der Waals surface area contributed by atoms with E-state index in [1.54, 1.807) is 0 Å². The van der Waals surface area contributed by atoms with E-state index in [4.69, 9.17) is 16.9 Å². The highest BCUT2D eigenvalue weighted by Crippen LogP contribution is 2.41. The van der Waals surface area contributed by atoms with Gasteiger partial charge in [-0.05, 0) is 12.8 Å². The molecule has 0 radical (unpaired) electrons. The van der Waals surface area contributed by atoms with Gasteiger partial charge >= 0.3 is 0 Å². The van der Waals surface area contributed by atoms with E-state index in [0.717, 1.165) is 18.5 Å². The van der Waals surface area contributed by atoms with Crippen molar-refractivity contribution in [2.45, 2.75) is 18.8 Å². The van der Waals surface area contributed by atoms with Gasteiger partial charge in [-0.2, -0.15) is 5.26 Å². The number of hydrogen-bond donors (Lipinski definition) is 0. The Labute approximate surface area is 75.0 Å². The van der Waals surface area contributed by atoms with E-state index in [-0.39, 0.29) is 5.15 Å². The van der Waals surface area contributed by atoms with Crippen LogP contribution in [0.4, 0.5) is 0 Å². The second-order valence-corrected chi connectivity index (χ2v) is 3.17. The van der Waals surface area contributed by atoms with Crippen molar-refractivity contribution in [1.29, 1.82) is 5.26 Å². The van der Waals surface area contributed by atoms with Crippen molar-refractivity contribution in [3.05, 3.63) is 22.7 Å². The number of rotatable bonds is 1. The molecule has 60 valence electrons. The first-order valence-corrected chi connectivity index (χ1v) is 4.11. The molecule has 3 nitrogen and oxygen atoms in total. The van der Waals surface area contributed by atoms with Crippen LogP contribution >= 0.6 is 11.6 Å². The molecule has 0 aromatic carbocycles. The summed E-state index contributed by atoms with van der Waals surface area (Å²) in [5.41, 5.74) is 1.26. The Morgan fingerprint density at radius 1 is 1.50 bits per heavy atom. The van der Waals surface area contributed by atoms with Crippen LogP contribution in [0.2, 0.25) is 5.15 Å². The van der Waals surface area contributed by atoms with E-state index in [0.29, 0.717) is 11.5 Å². The minimum absolute atomic E-state index is 0.273. The van der Waals surface area contributed by atoms with Gasteiger partial charge in [-0.15, -0.1) is 0 Å². The number of aromatic nitrogens is 2. The lowest BCUT2D eigenvalue weighted by Crippen LogP contribution is -1.94. The van der Waals surface area contributed by atoms with Gasteiger partial charge in [-0.3, -0.25) is 0 Å². The molecule has 1 saturated carbocycles. The second-order valence-electron chi connectivity index (χ2n) is 2.81. The van der Waals surface area contributed by atoms with Crippen LogP contribution in [-0.2, 0) is 0 Å². The van der Waals surface area contributed by atoms with Gasteiger partial charge in [0.2, 0.25) is 0 Å². The molecule has 0 bridgehead atoms. The molecule has 0 aliphatic heterocycles. The minimum atomic E-state index is 0.273. The fraction of sp³-hybridized carbons (Fsp3) is 0.375. The minimum Gasteiger partial charge on any atom is -0.240 e. The summed E-state index contributed by atoms with van der Waals surface area (Å²) in [5.74, 6) is 0.445. The molecule has 12 heavy (non-hydrogen) atoms. The van der Waals surface area contributed by atoms with Gasteiger partial charge in [0, 0.05) is 5.92 Å². The van der Waals surface area contributed by atoms with Gasteiger partial charge in [0.05, 0.1) is 5.69 Å². The second kappa shape index (κ2) is 2.72. The molecule has 4 heteroatoms. The number of nitrogens with zero attached hydrogens (tertiary/aromatic N) is 3. The monoisotopic (exact) mass is 179 g/mol. The molecule has 1 aliphatic rings. The van der Waals surface area contributed by atoms with Gasteiger partial charge < -0.3 is 0 Å². The van der Waals surface area contributed by atoms with Crippen LogP contribution in [0.25, 0.3) is 0 Å². The van der Waals surface area contributed by atoms with Gasteiger partial charge in [0.25, 0.3) is 0 Å². The summed E-state index contributed by atoms with van der Waals surface area (Å²) in [6.07, 6.45) is 3.64. The Morgan fingerprint density at radius 2 is 2.25 bits per heavy atom. The third-order valence-corrected chi connectivity index (χ3v) is 2.19. The van der Waals surface area contributed by atoms with E-state index >= 15 is 0 Å². The lowest BCUT2D eigenvalue weighted by molar-refractivity contribution is 0.975. The zero-order valence-electron chi connectivity index (χ0n) is 6.29. The van der Waals surface area contributed by atoms with E-state index in [2.05, 4.69) is 9.97 Å². The van der Waals surface area contributed by atoms with Crippen LogP contribution < -0.4 is 0 Å². The Kier molecular flexibility index (Phi) is 1.70. The van der Waals surface area contributed by atoms with Crippen molar-refractivity contribution < 1.29 is 0 Å². The van der Waals surface area contributed by atoms with Gasteiger partial charge in [0.15, 0.2) is 0 Å². The number of nitriles is 1. The highest BCUT2D eigenvalue weighted by Gasteiger charge is 2.28. The molecule has 0 spiro atoms. The summed E-state index contributed by atoms with van der Waals surface area (Å²) in [7, 11) is 0. The zero-order valence-corrected chi connectivity index (χ0v) is 7.04. The first-order valence-electron chi connectivity index (χ1n) is 3.73. The van der Waals surface area contributed by atoms with Crippen molar-refractivity contribution in [3.63, 3.8) is 0 Å². The maximum absolute atomic E-state index is 8.76. The number of halogens is 1. The Balaban J connectivity index is 2.53. The molecule has 1 aromatic heterocycles.